The van der Waals surface area contributed by atoms with Crippen molar-refractivity contribution < 1.29 is 27.4 Å². The topological polar surface area (TPSA) is 42.0 Å². The highest BCUT2D eigenvalue weighted by Gasteiger charge is 2.45. The molecule has 2 atom stereocenters. The van der Waals surface area contributed by atoms with Crippen molar-refractivity contribution in [1.29, 1.82) is 0 Å². The van der Waals surface area contributed by atoms with Crippen LogP contribution in [0, 0.1) is 0 Å². The largest absolute Gasteiger partial charge is 0.493 e. The fourth-order valence-corrected chi connectivity index (χ4v) is 4.71. The molecule has 2 heterocycles. The van der Waals surface area contributed by atoms with Crippen LogP contribution in [0.3, 0.4) is 0 Å². The SMILES string of the molecule is COc1cc2c(cc1OC)C(c1ccccc1)N(C1CCN(CC(F)(F)F)C1=O)CC2. The summed E-state index contributed by atoms with van der Waals surface area (Å²) in [5, 5.41) is 0. The molecule has 1 amide bonds. The Labute approximate surface area is 179 Å². The van der Waals surface area contributed by atoms with Crippen LogP contribution in [-0.2, 0) is 11.2 Å². The van der Waals surface area contributed by atoms with Gasteiger partial charge in [0.1, 0.15) is 6.54 Å². The van der Waals surface area contributed by atoms with E-state index in [2.05, 4.69) is 0 Å². The Morgan fingerprint density at radius 3 is 2.35 bits per heavy atom. The van der Waals surface area contributed by atoms with Gasteiger partial charge in [-0.1, -0.05) is 30.3 Å². The molecule has 2 unspecified atom stereocenters. The molecule has 8 heteroatoms. The maximum Gasteiger partial charge on any atom is 0.406 e. The second kappa shape index (κ2) is 8.42. The highest BCUT2D eigenvalue weighted by atomic mass is 19.4. The Morgan fingerprint density at radius 1 is 1.03 bits per heavy atom. The van der Waals surface area contributed by atoms with Gasteiger partial charge in [0.2, 0.25) is 5.91 Å². The summed E-state index contributed by atoms with van der Waals surface area (Å²) in [7, 11) is 3.15. The van der Waals surface area contributed by atoms with Crippen molar-refractivity contribution in [2.75, 3.05) is 33.9 Å². The van der Waals surface area contributed by atoms with E-state index in [9.17, 15) is 18.0 Å². The number of hydrogen-bond acceptors (Lipinski definition) is 4. The van der Waals surface area contributed by atoms with Gasteiger partial charge in [0.15, 0.2) is 11.5 Å². The Hall–Kier alpha value is -2.74. The van der Waals surface area contributed by atoms with Gasteiger partial charge in [-0.25, -0.2) is 0 Å². The molecule has 2 aromatic carbocycles. The van der Waals surface area contributed by atoms with Crippen molar-refractivity contribution in [3.8, 4) is 11.5 Å². The van der Waals surface area contributed by atoms with Gasteiger partial charge in [0.05, 0.1) is 26.3 Å². The van der Waals surface area contributed by atoms with Crippen LogP contribution >= 0.6 is 0 Å². The number of likely N-dealkylation sites (tertiary alicyclic amines) is 1. The molecule has 166 valence electrons. The number of methoxy groups -OCH3 is 2. The summed E-state index contributed by atoms with van der Waals surface area (Å²) in [6.07, 6.45) is -3.36. The highest BCUT2D eigenvalue weighted by Crippen LogP contribution is 2.43. The van der Waals surface area contributed by atoms with Crippen LogP contribution in [-0.4, -0.2) is 61.8 Å². The van der Waals surface area contributed by atoms with Crippen molar-refractivity contribution >= 4 is 5.91 Å². The average molecular weight is 434 g/mol. The minimum atomic E-state index is -4.40. The van der Waals surface area contributed by atoms with Gasteiger partial charge >= 0.3 is 6.18 Å². The van der Waals surface area contributed by atoms with E-state index in [-0.39, 0.29) is 12.6 Å². The summed E-state index contributed by atoms with van der Waals surface area (Å²) >= 11 is 0. The van der Waals surface area contributed by atoms with Crippen molar-refractivity contribution in [1.82, 2.24) is 9.80 Å². The number of amides is 1. The normalized spacial score (nSPS) is 21.8. The predicted octanol–water partition coefficient (Wildman–Crippen LogP) is 3.81. The fraction of sp³-hybridized carbons (Fsp3) is 0.435. The Kier molecular flexibility index (Phi) is 5.83. The van der Waals surface area contributed by atoms with Crippen LogP contribution in [0.25, 0.3) is 0 Å². The monoisotopic (exact) mass is 434 g/mol. The number of ether oxygens (including phenoxy) is 2. The first-order chi connectivity index (χ1) is 14.8. The first-order valence-electron chi connectivity index (χ1n) is 10.2. The highest BCUT2D eigenvalue weighted by molar-refractivity contribution is 5.84. The van der Waals surface area contributed by atoms with Crippen molar-refractivity contribution in [2.45, 2.75) is 31.1 Å². The molecule has 0 saturated carbocycles. The average Bonchev–Trinajstić information content (AvgIpc) is 3.10. The van der Waals surface area contributed by atoms with E-state index in [0.717, 1.165) is 21.6 Å². The van der Waals surface area contributed by atoms with E-state index in [4.69, 9.17) is 9.47 Å². The summed E-state index contributed by atoms with van der Waals surface area (Å²) in [5.41, 5.74) is 3.05. The third kappa shape index (κ3) is 4.21. The zero-order valence-electron chi connectivity index (χ0n) is 17.5. The third-order valence-electron chi connectivity index (χ3n) is 6.07. The molecule has 0 bridgehead atoms. The molecule has 0 radical (unpaired) electrons. The van der Waals surface area contributed by atoms with Crippen LogP contribution in [0.4, 0.5) is 13.2 Å². The molecule has 2 aliphatic rings. The molecule has 31 heavy (non-hydrogen) atoms. The molecule has 5 nitrogen and oxygen atoms in total. The molecule has 0 N–H and O–H groups in total. The van der Waals surface area contributed by atoms with Crippen LogP contribution in [0.1, 0.15) is 29.2 Å². The summed E-state index contributed by atoms with van der Waals surface area (Å²) in [6, 6.07) is 12.8. The maximum atomic E-state index is 12.9. The molecular formula is C23H25F3N2O3. The molecule has 4 rings (SSSR count). The molecule has 1 fully saturated rings. The summed E-state index contributed by atoms with van der Waals surface area (Å²) in [6.45, 7) is -0.522. The van der Waals surface area contributed by atoms with E-state index in [1.807, 2.05) is 47.4 Å². The Morgan fingerprint density at radius 2 is 1.71 bits per heavy atom. The van der Waals surface area contributed by atoms with E-state index in [0.29, 0.717) is 30.9 Å². The van der Waals surface area contributed by atoms with Crippen LogP contribution in [0.2, 0.25) is 0 Å². The number of carbonyl (C=O) groups is 1. The summed E-state index contributed by atoms with van der Waals surface area (Å²) in [5.74, 6) is 0.762. The lowest BCUT2D eigenvalue weighted by Crippen LogP contribution is -2.48. The number of nitrogens with zero attached hydrogens (tertiary/aromatic N) is 2. The predicted molar refractivity (Wildman–Crippen MR) is 109 cm³/mol. The lowest BCUT2D eigenvalue weighted by molar-refractivity contribution is -0.159. The molecule has 1 saturated heterocycles. The van der Waals surface area contributed by atoms with E-state index in [1.165, 1.54) is 0 Å². The van der Waals surface area contributed by atoms with Gasteiger partial charge in [-0.2, -0.15) is 13.2 Å². The zero-order chi connectivity index (χ0) is 22.2. The van der Waals surface area contributed by atoms with Crippen LogP contribution in [0.5, 0.6) is 11.5 Å². The van der Waals surface area contributed by atoms with Gasteiger partial charge < -0.3 is 14.4 Å². The lowest BCUT2D eigenvalue weighted by Gasteiger charge is -2.41. The number of hydrogen-bond donors (Lipinski definition) is 0. The van der Waals surface area contributed by atoms with Crippen molar-refractivity contribution in [3.05, 3.63) is 59.2 Å². The summed E-state index contributed by atoms with van der Waals surface area (Å²) < 4.78 is 49.7. The van der Waals surface area contributed by atoms with Gasteiger partial charge in [0, 0.05) is 13.1 Å². The molecule has 2 aromatic rings. The Bertz CT molecular complexity index is 949. The molecule has 0 spiro atoms. The number of rotatable bonds is 5. The van der Waals surface area contributed by atoms with Crippen molar-refractivity contribution in [2.24, 2.45) is 0 Å². The molecule has 0 aromatic heterocycles. The second-order valence-electron chi connectivity index (χ2n) is 7.89. The number of halogens is 3. The minimum Gasteiger partial charge on any atom is -0.493 e. The standard InChI is InChI=1S/C23H25F3N2O3/c1-30-19-12-16-8-11-28(18-9-10-27(22(18)29)14-23(24,25)26)21(15-6-4-3-5-7-15)17(16)13-20(19)31-2/h3-7,12-13,18,21H,8-11,14H2,1-2H3. The van der Waals surface area contributed by atoms with Gasteiger partial charge in [-0.15, -0.1) is 0 Å². The number of fused-ring (bicyclic) bond motifs is 1. The minimum absolute atomic E-state index is 0.111. The van der Waals surface area contributed by atoms with Gasteiger partial charge in [0.25, 0.3) is 0 Å². The summed E-state index contributed by atoms with van der Waals surface area (Å²) in [4.78, 5) is 15.9. The molecular weight excluding hydrogens is 409 g/mol. The van der Waals surface area contributed by atoms with Crippen LogP contribution < -0.4 is 9.47 Å². The first-order valence-corrected chi connectivity index (χ1v) is 10.2. The maximum absolute atomic E-state index is 12.9. The van der Waals surface area contributed by atoms with Gasteiger partial charge in [-0.3, -0.25) is 9.69 Å². The second-order valence-corrected chi connectivity index (χ2v) is 7.89. The Balaban J connectivity index is 1.73. The van der Waals surface area contributed by atoms with Crippen molar-refractivity contribution in [3.63, 3.8) is 0 Å². The smallest absolute Gasteiger partial charge is 0.406 e. The quantitative estimate of drug-likeness (QED) is 0.718. The molecule has 0 aliphatic carbocycles. The third-order valence-corrected chi connectivity index (χ3v) is 6.07. The fourth-order valence-electron chi connectivity index (χ4n) is 4.71. The number of benzene rings is 2. The van der Waals surface area contributed by atoms with Crippen LogP contribution in [0.15, 0.2) is 42.5 Å². The first kappa shape index (κ1) is 21.5. The molecule has 2 aliphatic heterocycles. The zero-order valence-corrected chi connectivity index (χ0v) is 17.5. The van der Waals surface area contributed by atoms with E-state index in [1.54, 1.807) is 14.2 Å². The van der Waals surface area contributed by atoms with E-state index < -0.39 is 24.7 Å². The lowest BCUT2D eigenvalue weighted by atomic mass is 9.86. The number of carbonyl (C=O) groups excluding carboxylic acids is 1. The van der Waals surface area contributed by atoms with Gasteiger partial charge in [-0.05, 0) is 41.7 Å². The number of alkyl halides is 3. The van der Waals surface area contributed by atoms with E-state index >= 15 is 0 Å².